The van der Waals surface area contributed by atoms with Crippen LogP contribution < -0.4 is 0 Å². The Morgan fingerprint density at radius 3 is 1.91 bits per heavy atom. The maximum atomic E-state index is 2.84. The lowest BCUT2D eigenvalue weighted by Crippen LogP contribution is -2.17. The highest BCUT2D eigenvalue weighted by molar-refractivity contribution is 6.21. The van der Waals surface area contributed by atoms with E-state index in [0.717, 1.165) is 6.04 Å². The second-order valence-electron chi connectivity index (χ2n) is 10.8. The van der Waals surface area contributed by atoms with Crippen LogP contribution in [0.5, 0.6) is 0 Å². The molecule has 2 aromatic heterocycles. The number of hydrogen-bond donors (Lipinski definition) is 0. The molecule has 4 aromatic rings. The number of fused-ring (bicyclic) bond motifs is 7. The van der Waals surface area contributed by atoms with Crippen LogP contribution in [0.4, 0.5) is 0 Å². The molecule has 2 saturated carbocycles. The SMILES string of the molecule is c1ccc2c(c1)c1c3c4c(n(C5CCCCC5)c3ccc1n2C1CCCCC1)CCCC4. The van der Waals surface area contributed by atoms with Crippen molar-refractivity contribution in [1.82, 2.24) is 9.13 Å². The fourth-order valence-corrected chi connectivity index (χ4v) is 7.64. The molecule has 3 aliphatic carbocycles. The molecule has 0 amide bonds. The zero-order chi connectivity index (χ0) is 21.1. The molecule has 2 heterocycles. The van der Waals surface area contributed by atoms with E-state index in [2.05, 4.69) is 45.5 Å². The van der Waals surface area contributed by atoms with Gasteiger partial charge in [0.2, 0.25) is 0 Å². The van der Waals surface area contributed by atoms with Crippen LogP contribution in [-0.2, 0) is 12.8 Å². The Kier molecular flexibility index (Phi) is 4.62. The Balaban J connectivity index is 1.57. The quantitative estimate of drug-likeness (QED) is 0.305. The van der Waals surface area contributed by atoms with Crippen LogP contribution >= 0.6 is 0 Å². The number of rotatable bonds is 2. The lowest BCUT2D eigenvalue weighted by molar-refractivity contribution is 0.351. The van der Waals surface area contributed by atoms with Gasteiger partial charge in [0.15, 0.2) is 0 Å². The van der Waals surface area contributed by atoms with E-state index in [9.17, 15) is 0 Å². The van der Waals surface area contributed by atoms with Gasteiger partial charge in [-0.25, -0.2) is 0 Å². The average molecular weight is 425 g/mol. The zero-order valence-corrected chi connectivity index (χ0v) is 19.4. The molecule has 0 atom stereocenters. The third kappa shape index (κ3) is 2.77. The summed E-state index contributed by atoms with van der Waals surface area (Å²) < 4.78 is 5.59. The first-order valence-corrected chi connectivity index (χ1v) is 13.5. The van der Waals surface area contributed by atoms with E-state index in [1.54, 1.807) is 27.5 Å². The summed E-state index contributed by atoms with van der Waals surface area (Å²) in [5.74, 6) is 0. The molecule has 0 bridgehead atoms. The maximum Gasteiger partial charge on any atom is 0.0501 e. The van der Waals surface area contributed by atoms with E-state index in [-0.39, 0.29) is 0 Å². The summed E-state index contributed by atoms with van der Waals surface area (Å²) >= 11 is 0. The number of para-hydroxylation sites is 1. The second kappa shape index (κ2) is 7.68. The van der Waals surface area contributed by atoms with Gasteiger partial charge in [-0.1, -0.05) is 56.7 Å². The summed E-state index contributed by atoms with van der Waals surface area (Å²) in [7, 11) is 0. The summed E-state index contributed by atoms with van der Waals surface area (Å²) in [6, 6.07) is 15.7. The minimum atomic E-state index is 0.667. The van der Waals surface area contributed by atoms with E-state index in [1.165, 1.54) is 106 Å². The lowest BCUT2D eigenvalue weighted by atomic mass is 9.92. The van der Waals surface area contributed by atoms with Gasteiger partial charge in [-0.2, -0.15) is 0 Å². The van der Waals surface area contributed by atoms with Crippen molar-refractivity contribution in [2.24, 2.45) is 0 Å². The van der Waals surface area contributed by atoms with Crippen molar-refractivity contribution in [2.75, 3.05) is 0 Å². The predicted molar refractivity (Wildman–Crippen MR) is 136 cm³/mol. The van der Waals surface area contributed by atoms with E-state index < -0.39 is 0 Å². The first kappa shape index (κ1) is 19.3. The highest BCUT2D eigenvalue weighted by Gasteiger charge is 2.29. The molecule has 0 saturated heterocycles. The minimum absolute atomic E-state index is 0.667. The van der Waals surface area contributed by atoms with Gasteiger partial charge in [0.1, 0.15) is 0 Å². The van der Waals surface area contributed by atoms with Crippen LogP contribution in [0.2, 0.25) is 0 Å². The molecular weight excluding hydrogens is 388 g/mol. The molecule has 0 radical (unpaired) electrons. The molecule has 2 heteroatoms. The smallest absolute Gasteiger partial charge is 0.0501 e. The third-order valence-electron chi connectivity index (χ3n) is 9.02. The van der Waals surface area contributed by atoms with Gasteiger partial charge in [0.25, 0.3) is 0 Å². The maximum absolute atomic E-state index is 2.84. The molecule has 3 aliphatic rings. The fourth-order valence-electron chi connectivity index (χ4n) is 7.64. The highest BCUT2D eigenvalue weighted by atomic mass is 15.0. The van der Waals surface area contributed by atoms with Crippen molar-refractivity contribution in [3.05, 3.63) is 47.7 Å². The number of aryl methyl sites for hydroxylation is 1. The Hall–Kier alpha value is -2.22. The standard InChI is InChI=1S/C30H36N2/c1-3-11-21(12-4-1)31-25-17-9-7-15-23(25)29-27(31)19-20-28-30(29)24-16-8-10-18-26(24)32(28)22-13-5-2-6-14-22/h7,9,15,17,19-22H,1-6,8,10-14,16,18H2. The summed E-state index contributed by atoms with van der Waals surface area (Å²) in [4.78, 5) is 0. The van der Waals surface area contributed by atoms with Crippen molar-refractivity contribution < 1.29 is 0 Å². The van der Waals surface area contributed by atoms with Crippen LogP contribution in [0.1, 0.15) is 100 Å². The molecule has 7 rings (SSSR count). The van der Waals surface area contributed by atoms with Gasteiger partial charge in [0.05, 0.1) is 5.52 Å². The van der Waals surface area contributed by atoms with E-state index in [1.807, 2.05) is 0 Å². The van der Waals surface area contributed by atoms with E-state index in [0.29, 0.717) is 6.04 Å². The molecule has 166 valence electrons. The first-order valence-electron chi connectivity index (χ1n) is 13.5. The summed E-state index contributed by atoms with van der Waals surface area (Å²) in [5, 5.41) is 4.68. The molecule has 32 heavy (non-hydrogen) atoms. The third-order valence-corrected chi connectivity index (χ3v) is 9.02. The molecule has 2 fully saturated rings. The molecule has 0 unspecified atom stereocenters. The second-order valence-corrected chi connectivity index (χ2v) is 10.8. The van der Waals surface area contributed by atoms with Gasteiger partial charge in [-0.05, 0) is 75.1 Å². The van der Waals surface area contributed by atoms with E-state index >= 15 is 0 Å². The predicted octanol–water partition coefficient (Wildman–Crippen LogP) is 8.64. The Morgan fingerprint density at radius 2 is 1.16 bits per heavy atom. The molecule has 2 aromatic carbocycles. The van der Waals surface area contributed by atoms with Gasteiger partial charge < -0.3 is 9.13 Å². The highest BCUT2D eigenvalue weighted by Crippen LogP contribution is 2.46. The normalized spacial score (nSPS) is 21.0. The number of benzene rings is 2. The fraction of sp³-hybridized carbons (Fsp3) is 0.533. The topological polar surface area (TPSA) is 9.86 Å². The summed E-state index contributed by atoms with van der Waals surface area (Å²) in [6.45, 7) is 0. The summed E-state index contributed by atoms with van der Waals surface area (Å²) in [5.41, 5.74) is 7.91. The van der Waals surface area contributed by atoms with Gasteiger partial charge in [0, 0.05) is 45.0 Å². The largest absolute Gasteiger partial charge is 0.341 e. The number of nitrogens with zero attached hydrogens (tertiary/aromatic N) is 2. The van der Waals surface area contributed by atoms with Gasteiger partial charge >= 0.3 is 0 Å². The van der Waals surface area contributed by atoms with E-state index in [4.69, 9.17) is 0 Å². The molecular formula is C30H36N2. The van der Waals surface area contributed by atoms with Gasteiger partial charge in [-0.15, -0.1) is 0 Å². The van der Waals surface area contributed by atoms with Crippen molar-refractivity contribution in [3.63, 3.8) is 0 Å². The van der Waals surface area contributed by atoms with Crippen molar-refractivity contribution in [1.29, 1.82) is 0 Å². The molecule has 0 aliphatic heterocycles. The molecule has 2 nitrogen and oxygen atoms in total. The van der Waals surface area contributed by atoms with Crippen molar-refractivity contribution in [3.8, 4) is 0 Å². The van der Waals surface area contributed by atoms with Crippen molar-refractivity contribution in [2.45, 2.75) is 102 Å². The zero-order valence-electron chi connectivity index (χ0n) is 19.4. The Bertz CT molecular complexity index is 1290. The first-order chi connectivity index (χ1) is 15.9. The average Bonchev–Trinajstić information content (AvgIpc) is 3.38. The van der Waals surface area contributed by atoms with Gasteiger partial charge in [-0.3, -0.25) is 0 Å². The number of aromatic nitrogens is 2. The summed E-state index contributed by atoms with van der Waals surface area (Å²) in [6.07, 6.45) is 19.1. The molecule has 0 N–H and O–H groups in total. The molecule has 0 spiro atoms. The Labute approximate surface area is 191 Å². The lowest BCUT2D eigenvalue weighted by Gasteiger charge is -2.28. The van der Waals surface area contributed by atoms with Crippen LogP contribution in [-0.4, -0.2) is 9.13 Å². The van der Waals surface area contributed by atoms with Crippen LogP contribution in [0, 0.1) is 0 Å². The van der Waals surface area contributed by atoms with Crippen LogP contribution in [0.15, 0.2) is 36.4 Å². The Morgan fingerprint density at radius 1 is 0.531 bits per heavy atom. The van der Waals surface area contributed by atoms with Crippen LogP contribution in [0.25, 0.3) is 32.7 Å². The number of hydrogen-bond acceptors (Lipinski definition) is 0. The van der Waals surface area contributed by atoms with Crippen LogP contribution in [0.3, 0.4) is 0 Å². The minimum Gasteiger partial charge on any atom is -0.341 e. The monoisotopic (exact) mass is 424 g/mol. The van der Waals surface area contributed by atoms with Crippen molar-refractivity contribution >= 4 is 32.7 Å².